The Morgan fingerprint density at radius 1 is 1.04 bits per heavy atom. The Kier molecular flexibility index (Phi) is 4.92. The second-order valence-corrected chi connectivity index (χ2v) is 7.18. The van der Waals surface area contributed by atoms with Gasteiger partial charge in [-0.15, -0.1) is 0 Å². The summed E-state index contributed by atoms with van der Waals surface area (Å²) in [6, 6.07) is 17.0. The van der Waals surface area contributed by atoms with Gasteiger partial charge in [-0.05, 0) is 29.7 Å². The van der Waals surface area contributed by atoms with E-state index >= 15 is 0 Å². The van der Waals surface area contributed by atoms with Gasteiger partial charge in [0.05, 0.1) is 17.6 Å². The summed E-state index contributed by atoms with van der Waals surface area (Å²) in [6.45, 7) is 0.129. The largest absolute Gasteiger partial charge is 0.488 e. The standard InChI is InChI=1S/C19H17NO5S/c1-24-19(21)16-7-3-2-5-14(16)12-25-18-8-4-6-13-9-10-15(11-17(13)18)26(20,22)23/h2-11H,12H2,1H3,(H2,20,22,23). The zero-order valence-electron chi connectivity index (χ0n) is 14.0. The van der Waals surface area contributed by atoms with E-state index in [9.17, 15) is 13.2 Å². The molecule has 0 unspecified atom stereocenters. The van der Waals surface area contributed by atoms with Gasteiger partial charge in [0.15, 0.2) is 0 Å². The number of esters is 1. The summed E-state index contributed by atoms with van der Waals surface area (Å²) in [5.41, 5.74) is 1.08. The molecule has 0 aliphatic rings. The smallest absolute Gasteiger partial charge is 0.338 e. The molecule has 2 N–H and O–H groups in total. The van der Waals surface area contributed by atoms with Gasteiger partial charge in [0, 0.05) is 10.9 Å². The first-order valence-electron chi connectivity index (χ1n) is 7.75. The fourth-order valence-electron chi connectivity index (χ4n) is 2.64. The molecule has 0 saturated carbocycles. The molecule has 134 valence electrons. The molecule has 0 aliphatic heterocycles. The van der Waals surface area contributed by atoms with Crippen LogP contribution >= 0.6 is 0 Å². The van der Waals surface area contributed by atoms with E-state index < -0.39 is 16.0 Å². The lowest BCUT2D eigenvalue weighted by Gasteiger charge is -2.12. The monoisotopic (exact) mass is 371 g/mol. The van der Waals surface area contributed by atoms with E-state index in [1.807, 2.05) is 6.07 Å². The van der Waals surface area contributed by atoms with Crippen molar-refractivity contribution in [1.29, 1.82) is 0 Å². The topological polar surface area (TPSA) is 95.7 Å². The number of methoxy groups -OCH3 is 1. The summed E-state index contributed by atoms with van der Waals surface area (Å²) in [5.74, 6) is 0.0475. The van der Waals surface area contributed by atoms with E-state index in [1.165, 1.54) is 19.2 Å². The first-order chi connectivity index (χ1) is 12.4. The summed E-state index contributed by atoms with van der Waals surface area (Å²) in [7, 11) is -2.50. The van der Waals surface area contributed by atoms with Crippen LogP contribution < -0.4 is 9.88 Å². The third kappa shape index (κ3) is 3.68. The third-order valence-corrected chi connectivity index (χ3v) is 4.86. The first-order valence-corrected chi connectivity index (χ1v) is 9.29. The van der Waals surface area contributed by atoms with Crippen molar-refractivity contribution in [2.75, 3.05) is 7.11 Å². The number of fused-ring (bicyclic) bond motifs is 1. The molecule has 0 amide bonds. The first kappa shape index (κ1) is 17.9. The molecule has 0 aliphatic carbocycles. The van der Waals surface area contributed by atoms with Gasteiger partial charge >= 0.3 is 5.97 Å². The van der Waals surface area contributed by atoms with Crippen molar-refractivity contribution >= 4 is 26.8 Å². The minimum atomic E-state index is -3.82. The van der Waals surface area contributed by atoms with Gasteiger partial charge < -0.3 is 9.47 Å². The Balaban J connectivity index is 1.96. The molecule has 3 aromatic carbocycles. The van der Waals surface area contributed by atoms with Crippen LogP contribution in [0.1, 0.15) is 15.9 Å². The second-order valence-electron chi connectivity index (χ2n) is 5.62. The highest BCUT2D eigenvalue weighted by atomic mass is 32.2. The summed E-state index contributed by atoms with van der Waals surface area (Å²) >= 11 is 0. The zero-order valence-corrected chi connectivity index (χ0v) is 14.8. The Morgan fingerprint density at radius 2 is 1.81 bits per heavy atom. The van der Waals surface area contributed by atoms with E-state index in [4.69, 9.17) is 14.6 Å². The average molecular weight is 371 g/mol. The molecule has 0 fully saturated rings. The van der Waals surface area contributed by atoms with Gasteiger partial charge in [-0.3, -0.25) is 0 Å². The van der Waals surface area contributed by atoms with E-state index in [-0.39, 0.29) is 11.5 Å². The van der Waals surface area contributed by atoms with Gasteiger partial charge in [0.1, 0.15) is 12.4 Å². The predicted octanol–water partition coefficient (Wildman–Crippen LogP) is 2.85. The molecule has 26 heavy (non-hydrogen) atoms. The summed E-state index contributed by atoms with van der Waals surface area (Å²) in [4.78, 5) is 11.9. The van der Waals surface area contributed by atoms with E-state index in [1.54, 1.807) is 42.5 Å². The summed E-state index contributed by atoms with van der Waals surface area (Å²) < 4.78 is 33.9. The molecule has 0 atom stereocenters. The van der Waals surface area contributed by atoms with Crippen LogP contribution in [0.15, 0.2) is 65.6 Å². The van der Waals surface area contributed by atoms with E-state index in [0.717, 1.165) is 5.39 Å². The highest BCUT2D eigenvalue weighted by molar-refractivity contribution is 7.89. The second kappa shape index (κ2) is 7.15. The SMILES string of the molecule is COC(=O)c1ccccc1COc1cccc2ccc(S(N)(=O)=O)cc12. The maximum absolute atomic E-state index is 11.9. The number of benzene rings is 3. The van der Waals surface area contributed by atoms with Gasteiger partial charge in [-0.2, -0.15) is 0 Å². The molecule has 0 spiro atoms. The number of carbonyl (C=O) groups is 1. The number of primary sulfonamides is 1. The van der Waals surface area contributed by atoms with Crippen molar-refractivity contribution in [3.63, 3.8) is 0 Å². The van der Waals surface area contributed by atoms with Crippen LogP contribution in [0.25, 0.3) is 10.8 Å². The molecule has 0 heterocycles. The van der Waals surface area contributed by atoms with Crippen molar-refractivity contribution in [3.8, 4) is 5.75 Å². The number of rotatable bonds is 5. The van der Waals surface area contributed by atoms with Crippen LogP contribution in [0, 0.1) is 0 Å². The van der Waals surface area contributed by atoms with Gasteiger partial charge in [0.2, 0.25) is 10.0 Å². The van der Waals surface area contributed by atoms with E-state index in [2.05, 4.69) is 0 Å². The minimum absolute atomic E-state index is 0.0102. The number of hydrogen-bond acceptors (Lipinski definition) is 5. The molecule has 0 radical (unpaired) electrons. The molecule has 0 aromatic heterocycles. The highest BCUT2D eigenvalue weighted by Crippen LogP contribution is 2.28. The molecule has 6 nitrogen and oxygen atoms in total. The van der Waals surface area contributed by atoms with Crippen molar-refractivity contribution < 1.29 is 22.7 Å². The molecule has 3 rings (SSSR count). The number of hydrogen-bond donors (Lipinski definition) is 1. The molecular weight excluding hydrogens is 354 g/mol. The summed E-state index contributed by atoms with van der Waals surface area (Å²) in [5, 5.41) is 6.65. The number of carbonyl (C=O) groups excluding carboxylic acids is 1. The maximum atomic E-state index is 11.9. The van der Waals surface area contributed by atoms with Crippen LogP contribution in [0.5, 0.6) is 5.75 Å². The number of ether oxygens (including phenoxy) is 2. The van der Waals surface area contributed by atoms with Gasteiger partial charge in [0.25, 0.3) is 0 Å². The molecule has 7 heteroatoms. The average Bonchev–Trinajstić information content (AvgIpc) is 2.64. The molecular formula is C19H17NO5S. The summed E-state index contributed by atoms with van der Waals surface area (Å²) in [6.07, 6.45) is 0. The molecule has 0 bridgehead atoms. The van der Waals surface area contributed by atoms with Gasteiger partial charge in [-0.1, -0.05) is 36.4 Å². The Morgan fingerprint density at radius 3 is 2.54 bits per heavy atom. The maximum Gasteiger partial charge on any atom is 0.338 e. The minimum Gasteiger partial charge on any atom is -0.488 e. The lowest BCUT2D eigenvalue weighted by molar-refractivity contribution is 0.0597. The Labute approximate surface area is 151 Å². The lowest BCUT2D eigenvalue weighted by atomic mass is 10.1. The zero-order chi connectivity index (χ0) is 18.7. The normalized spacial score (nSPS) is 11.3. The van der Waals surface area contributed by atoms with Crippen molar-refractivity contribution in [2.45, 2.75) is 11.5 Å². The quantitative estimate of drug-likeness (QED) is 0.696. The fourth-order valence-corrected chi connectivity index (χ4v) is 3.18. The van der Waals surface area contributed by atoms with Crippen LogP contribution in [0.2, 0.25) is 0 Å². The van der Waals surface area contributed by atoms with E-state index in [0.29, 0.717) is 22.3 Å². The van der Waals surface area contributed by atoms with Gasteiger partial charge in [-0.25, -0.2) is 18.4 Å². The van der Waals surface area contributed by atoms with Crippen molar-refractivity contribution in [1.82, 2.24) is 0 Å². The Bertz CT molecular complexity index is 1080. The van der Waals surface area contributed by atoms with Crippen LogP contribution in [0.3, 0.4) is 0 Å². The third-order valence-electron chi connectivity index (χ3n) is 3.95. The van der Waals surface area contributed by atoms with Crippen LogP contribution in [-0.4, -0.2) is 21.5 Å². The number of nitrogens with two attached hydrogens (primary N) is 1. The highest BCUT2D eigenvalue weighted by Gasteiger charge is 2.13. The molecule has 3 aromatic rings. The van der Waals surface area contributed by atoms with Crippen molar-refractivity contribution in [3.05, 3.63) is 71.8 Å². The predicted molar refractivity (Wildman–Crippen MR) is 97.4 cm³/mol. The number of sulfonamides is 1. The Hall–Kier alpha value is -2.90. The van der Waals surface area contributed by atoms with Crippen LogP contribution in [-0.2, 0) is 21.4 Å². The van der Waals surface area contributed by atoms with Crippen molar-refractivity contribution in [2.24, 2.45) is 5.14 Å². The lowest BCUT2D eigenvalue weighted by Crippen LogP contribution is -2.12. The fraction of sp³-hybridized carbons (Fsp3) is 0.105. The van der Waals surface area contributed by atoms with Crippen LogP contribution in [0.4, 0.5) is 0 Å². The molecule has 0 saturated heterocycles.